The summed E-state index contributed by atoms with van der Waals surface area (Å²) in [6.07, 6.45) is 4.59. The van der Waals surface area contributed by atoms with Gasteiger partial charge in [0, 0.05) is 32.0 Å². The van der Waals surface area contributed by atoms with E-state index in [1.165, 1.54) is 18.6 Å². The van der Waals surface area contributed by atoms with E-state index in [-0.39, 0.29) is 28.8 Å². The number of carbonyl (C=O) groups excluding carboxylic acids is 1. The van der Waals surface area contributed by atoms with Gasteiger partial charge in [-0.15, -0.1) is 0 Å². The first-order valence-electron chi connectivity index (χ1n) is 10.2. The summed E-state index contributed by atoms with van der Waals surface area (Å²) in [5.74, 6) is 1.59. The van der Waals surface area contributed by atoms with Crippen LogP contribution in [0.25, 0.3) is 0 Å². The van der Waals surface area contributed by atoms with Gasteiger partial charge in [0.15, 0.2) is 0 Å². The van der Waals surface area contributed by atoms with Crippen LogP contribution in [-0.2, 0) is 14.9 Å². The molecule has 1 saturated heterocycles. The molecular weight excluding hydrogens is 345 g/mol. The number of aliphatic hydroxyl groups is 1. The summed E-state index contributed by atoms with van der Waals surface area (Å²) in [4.78, 5) is 14.8. The van der Waals surface area contributed by atoms with Crippen LogP contribution < -0.4 is 0 Å². The van der Waals surface area contributed by atoms with Crippen molar-refractivity contribution in [2.45, 2.75) is 49.2 Å². The molecule has 1 aromatic rings. The zero-order valence-corrected chi connectivity index (χ0v) is 15.7. The fourth-order valence-electron chi connectivity index (χ4n) is 8.10. The Balaban J connectivity index is 1.39. The lowest BCUT2D eigenvalue weighted by molar-refractivity contribution is -0.255. The van der Waals surface area contributed by atoms with Crippen LogP contribution in [0.3, 0.4) is 0 Å². The molecule has 1 amide bonds. The number of fused-ring (bicyclic) bond motifs is 1. The molecule has 0 aromatic heterocycles. The molecular formula is C22H26FNO3. The number of aliphatic hydroxyl groups excluding tert-OH is 1. The fraction of sp³-hybridized carbons (Fsp3) is 0.682. The van der Waals surface area contributed by atoms with Gasteiger partial charge in [-0.1, -0.05) is 12.1 Å². The minimum Gasteiger partial charge on any atom is -0.389 e. The number of halogens is 1. The highest BCUT2D eigenvalue weighted by Crippen LogP contribution is 2.88. The second-order valence-corrected chi connectivity index (χ2v) is 9.80. The molecule has 5 aliphatic rings. The molecule has 5 fully saturated rings. The number of likely N-dealkylation sites (tertiary alicyclic amines) is 1. The molecule has 4 unspecified atom stereocenters. The molecule has 5 heteroatoms. The zero-order valence-electron chi connectivity index (χ0n) is 15.7. The Kier molecular flexibility index (Phi) is 3.01. The maximum atomic E-state index is 13.6. The minimum atomic E-state index is -0.379. The van der Waals surface area contributed by atoms with Crippen molar-refractivity contribution in [1.29, 1.82) is 0 Å². The topological polar surface area (TPSA) is 49.8 Å². The summed E-state index contributed by atoms with van der Waals surface area (Å²) in [6.45, 7) is 0.896. The first-order chi connectivity index (χ1) is 12.9. The number of rotatable bonds is 4. The maximum absolute atomic E-state index is 13.6. The highest BCUT2D eigenvalue weighted by molar-refractivity contribution is 5.80. The molecule has 6 atom stereocenters. The van der Waals surface area contributed by atoms with E-state index >= 15 is 0 Å². The molecule has 1 aromatic carbocycles. The van der Waals surface area contributed by atoms with E-state index in [1.54, 1.807) is 4.90 Å². The van der Waals surface area contributed by atoms with Gasteiger partial charge in [0.2, 0.25) is 5.91 Å². The molecule has 2 bridgehead atoms. The number of amides is 1. The van der Waals surface area contributed by atoms with Gasteiger partial charge in [-0.2, -0.15) is 0 Å². The highest BCUT2D eigenvalue weighted by Gasteiger charge is 2.86. The van der Waals surface area contributed by atoms with Crippen LogP contribution in [0.4, 0.5) is 4.39 Å². The average Bonchev–Trinajstić information content (AvgIpc) is 3.10. The molecule has 4 nitrogen and oxygen atoms in total. The summed E-state index contributed by atoms with van der Waals surface area (Å²) in [5, 5.41) is 9.59. The van der Waals surface area contributed by atoms with Gasteiger partial charge in [0.25, 0.3) is 0 Å². The molecule has 0 radical (unpaired) electrons. The Labute approximate surface area is 158 Å². The van der Waals surface area contributed by atoms with Gasteiger partial charge in [-0.05, 0) is 66.5 Å². The third-order valence-electron chi connectivity index (χ3n) is 9.12. The third-order valence-corrected chi connectivity index (χ3v) is 9.12. The number of hydrogen-bond acceptors (Lipinski definition) is 3. The van der Waals surface area contributed by atoms with Crippen LogP contribution in [-0.4, -0.2) is 47.8 Å². The van der Waals surface area contributed by atoms with Gasteiger partial charge in [0.1, 0.15) is 5.82 Å². The van der Waals surface area contributed by atoms with Gasteiger partial charge in [0.05, 0.1) is 11.7 Å². The molecule has 27 heavy (non-hydrogen) atoms. The van der Waals surface area contributed by atoms with E-state index in [9.17, 15) is 14.3 Å². The molecule has 4 saturated carbocycles. The van der Waals surface area contributed by atoms with Crippen LogP contribution >= 0.6 is 0 Å². The van der Waals surface area contributed by atoms with Gasteiger partial charge in [-0.3, -0.25) is 4.79 Å². The summed E-state index contributed by atoms with van der Waals surface area (Å²) in [6, 6.07) is 6.88. The molecule has 4 aliphatic carbocycles. The number of ether oxygens (including phenoxy) is 1. The Bertz CT molecular complexity index is 821. The average molecular weight is 371 g/mol. The van der Waals surface area contributed by atoms with Crippen molar-refractivity contribution in [2.24, 2.45) is 23.2 Å². The molecule has 1 heterocycles. The number of carbonyl (C=O) groups is 1. The van der Waals surface area contributed by atoms with Gasteiger partial charge < -0.3 is 14.7 Å². The van der Waals surface area contributed by atoms with Crippen molar-refractivity contribution < 1.29 is 19.0 Å². The predicted molar refractivity (Wildman–Crippen MR) is 96.4 cm³/mol. The van der Waals surface area contributed by atoms with Crippen molar-refractivity contribution in [3.63, 3.8) is 0 Å². The molecule has 144 valence electrons. The monoisotopic (exact) mass is 371 g/mol. The normalized spacial score (nSPS) is 46.5. The van der Waals surface area contributed by atoms with Crippen molar-refractivity contribution in [1.82, 2.24) is 4.90 Å². The zero-order chi connectivity index (χ0) is 18.6. The van der Waals surface area contributed by atoms with Gasteiger partial charge >= 0.3 is 0 Å². The van der Waals surface area contributed by atoms with Crippen LogP contribution in [0.5, 0.6) is 0 Å². The lowest BCUT2D eigenvalue weighted by Gasteiger charge is -2.77. The van der Waals surface area contributed by atoms with Gasteiger partial charge in [-0.25, -0.2) is 4.39 Å². The summed E-state index contributed by atoms with van der Waals surface area (Å²) >= 11 is 0. The van der Waals surface area contributed by atoms with E-state index in [4.69, 9.17) is 4.74 Å². The molecule has 1 spiro atoms. The standard InChI is InChI=1S/C22H26FNO3/c1-27-20-7-14-6-17-21(13-2-4-15(23)5-3-13,18(8-20)22(14,17)12-20)9-19(26)24-10-16(25)11-24/h2-5,14,16-18,25H,6-12H2,1H3/t14?,17?,18?,20-,21+,22?/m1/s1. The Morgan fingerprint density at radius 2 is 2.00 bits per heavy atom. The van der Waals surface area contributed by atoms with Crippen molar-refractivity contribution in [2.75, 3.05) is 20.2 Å². The third kappa shape index (κ3) is 1.74. The van der Waals surface area contributed by atoms with Crippen molar-refractivity contribution >= 4 is 5.91 Å². The van der Waals surface area contributed by atoms with Crippen LogP contribution in [0.1, 0.15) is 37.7 Å². The second-order valence-electron chi connectivity index (χ2n) is 9.80. The first-order valence-corrected chi connectivity index (χ1v) is 10.2. The summed E-state index contributed by atoms with van der Waals surface area (Å²) in [5.41, 5.74) is 1.26. The molecule has 6 rings (SSSR count). The van der Waals surface area contributed by atoms with Crippen LogP contribution in [0, 0.1) is 29.0 Å². The SMILES string of the molecule is CO[C@@]12CC3CC4C3(C1)C(C2)[C@@]4(CC(=O)N1CC(O)C1)c1ccc(F)cc1. The Hall–Kier alpha value is -1.46. The Morgan fingerprint density at radius 3 is 2.67 bits per heavy atom. The largest absolute Gasteiger partial charge is 0.389 e. The summed E-state index contributed by atoms with van der Waals surface area (Å²) in [7, 11) is 1.84. The number of β-amino-alcohol motifs (C(OH)–C–C–N with tert-alkyl or cyclic N) is 1. The van der Waals surface area contributed by atoms with Crippen molar-refractivity contribution in [3.8, 4) is 0 Å². The van der Waals surface area contributed by atoms with Crippen LogP contribution in [0.15, 0.2) is 24.3 Å². The lowest BCUT2D eigenvalue weighted by Crippen LogP contribution is -2.75. The summed E-state index contributed by atoms with van der Waals surface area (Å²) < 4.78 is 19.6. The lowest BCUT2D eigenvalue weighted by atomic mass is 9.26. The highest BCUT2D eigenvalue weighted by atomic mass is 19.1. The van der Waals surface area contributed by atoms with E-state index < -0.39 is 0 Å². The van der Waals surface area contributed by atoms with Crippen LogP contribution in [0.2, 0.25) is 0 Å². The maximum Gasteiger partial charge on any atom is 0.223 e. The van der Waals surface area contributed by atoms with E-state index in [0.29, 0.717) is 36.8 Å². The minimum absolute atomic E-state index is 0.0120. The van der Waals surface area contributed by atoms with E-state index in [1.807, 2.05) is 19.2 Å². The second kappa shape index (κ2) is 4.93. The Morgan fingerprint density at radius 1 is 1.26 bits per heavy atom. The smallest absolute Gasteiger partial charge is 0.223 e. The number of methoxy groups -OCH3 is 1. The number of hydrogen-bond donors (Lipinski definition) is 1. The molecule has 1 N–H and O–H groups in total. The predicted octanol–water partition coefficient (Wildman–Crippen LogP) is 2.49. The number of nitrogens with zero attached hydrogens (tertiary/aromatic N) is 1. The van der Waals surface area contributed by atoms with E-state index in [0.717, 1.165) is 30.7 Å². The number of benzene rings is 1. The molecule has 1 aliphatic heterocycles. The first kappa shape index (κ1) is 16.5. The fourth-order valence-corrected chi connectivity index (χ4v) is 8.10. The van der Waals surface area contributed by atoms with E-state index in [2.05, 4.69) is 0 Å². The van der Waals surface area contributed by atoms with Crippen molar-refractivity contribution in [3.05, 3.63) is 35.6 Å². The quantitative estimate of drug-likeness (QED) is 0.885.